The molecule has 2 rings (SSSR count). The van der Waals surface area contributed by atoms with Crippen molar-refractivity contribution in [1.29, 1.82) is 0 Å². The number of halogens is 2. The standard InChI is InChI=1S/C14H12I2/c1-9-3-5-11(6-4-9)12-7-10(2)8-13(15)14(12)16/h3-8H,1-2H3. The van der Waals surface area contributed by atoms with E-state index in [1.165, 1.54) is 29.4 Å². The van der Waals surface area contributed by atoms with Crippen LogP contribution in [0.2, 0.25) is 0 Å². The highest BCUT2D eigenvalue weighted by atomic mass is 127. The molecule has 0 fully saturated rings. The van der Waals surface area contributed by atoms with Gasteiger partial charge in [-0.2, -0.15) is 0 Å². The van der Waals surface area contributed by atoms with E-state index in [0.29, 0.717) is 0 Å². The van der Waals surface area contributed by atoms with E-state index in [-0.39, 0.29) is 0 Å². The smallest absolute Gasteiger partial charge is 0.0342 e. The number of hydrogen-bond donors (Lipinski definition) is 0. The monoisotopic (exact) mass is 434 g/mol. The molecule has 82 valence electrons. The minimum atomic E-state index is 1.30. The van der Waals surface area contributed by atoms with Crippen molar-refractivity contribution < 1.29 is 0 Å². The molecular formula is C14H12I2. The number of benzene rings is 2. The van der Waals surface area contributed by atoms with Gasteiger partial charge in [-0.1, -0.05) is 35.9 Å². The Morgan fingerprint density at radius 3 is 2.06 bits per heavy atom. The lowest BCUT2D eigenvalue weighted by molar-refractivity contribution is 1.41. The summed E-state index contributed by atoms with van der Waals surface area (Å²) in [7, 11) is 0. The summed E-state index contributed by atoms with van der Waals surface area (Å²) in [4.78, 5) is 0. The molecule has 0 bridgehead atoms. The van der Waals surface area contributed by atoms with E-state index in [1.54, 1.807) is 0 Å². The molecule has 2 heteroatoms. The Kier molecular flexibility index (Phi) is 3.89. The van der Waals surface area contributed by atoms with Crippen LogP contribution in [0.4, 0.5) is 0 Å². The Labute approximate surface area is 124 Å². The van der Waals surface area contributed by atoms with E-state index in [0.717, 1.165) is 0 Å². The fourth-order valence-corrected chi connectivity index (χ4v) is 3.07. The van der Waals surface area contributed by atoms with Gasteiger partial charge in [-0.3, -0.25) is 0 Å². The minimum Gasteiger partial charge on any atom is -0.0587 e. The van der Waals surface area contributed by atoms with Crippen molar-refractivity contribution >= 4 is 45.2 Å². The summed E-state index contributed by atoms with van der Waals surface area (Å²) >= 11 is 4.83. The van der Waals surface area contributed by atoms with Gasteiger partial charge in [0.15, 0.2) is 0 Å². The molecule has 0 nitrogen and oxygen atoms in total. The van der Waals surface area contributed by atoms with Crippen molar-refractivity contribution in [3.8, 4) is 11.1 Å². The summed E-state index contributed by atoms with van der Waals surface area (Å²) in [6.07, 6.45) is 0. The first kappa shape index (κ1) is 12.4. The number of rotatable bonds is 1. The predicted molar refractivity (Wildman–Crippen MR) is 86.8 cm³/mol. The third-order valence-electron chi connectivity index (χ3n) is 2.54. The van der Waals surface area contributed by atoms with Crippen LogP contribution in [0.3, 0.4) is 0 Å². The van der Waals surface area contributed by atoms with E-state index in [9.17, 15) is 0 Å². The van der Waals surface area contributed by atoms with Crippen molar-refractivity contribution in [2.24, 2.45) is 0 Å². The lowest BCUT2D eigenvalue weighted by atomic mass is 10.0. The van der Waals surface area contributed by atoms with Crippen LogP contribution >= 0.6 is 45.2 Å². The molecule has 0 aliphatic rings. The van der Waals surface area contributed by atoms with Crippen LogP contribution in [-0.2, 0) is 0 Å². The van der Waals surface area contributed by atoms with Gasteiger partial charge in [0.25, 0.3) is 0 Å². The molecule has 0 aliphatic carbocycles. The van der Waals surface area contributed by atoms with Gasteiger partial charge in [0.05, 0.1) is 0 Å². The average molecular weight is 434 g/mol. The molecule has 0 saturated carbocycles. The van der Waals surface area contributed by atoms with Crippen molar-refractivity contribution in [3.63, 3.8) is 0 Å². The first-order valence-corrected chi connectivity index (χ1v) is 7.26. The van der Waals surface area contributed by atoms with Crippen molar-refractivity contribution in [2.75, 3.05) is 0 Å². The zero-order valence-electron chi connectivity index (χ0n) is 9.22. The highest BCUT2D eigenvalue weighted by molar-refractivity contribution is 14.1. The van der Waals surface area contributed by atoms with Crippen LogP contribution in [0.1, 0.15) is 11.1 Å². The molecule has 0 radical (unpaired) electrons. The lowest BCUT2D eigenvalue weighted by Gasteiger charge is -2.09. The van der Waals surface area contributed by atoms with Crippen LogP contribution in [-0.4, -0.2) is 0 Å². The summed E-state index contributed by atoms with van der Waals surface area (Å²) in [6.45, 7) is 4.27. The third-order valence-corrected chi connectivity index (χ3v) is 5.58. The normalized spacial score (nSPS) is 10.5. The Hall–Kier alpha value is -0.100. The minimum absolute atomic E-state index is 1.30. The maximum Gasteiger partial charge on any atom is 0.0342 e. The van der Waals surface area contributed by atoms with Crippen molar-refractivity contribution in [1.82, 2.24) is 0 Å². The maximum atomic E-state index is 2.43. The number of hydrogen-bond acceptors (Lipinski definition) is 0. The van der Waals surface area contributed by atoms with Gasteiger partial charge in [0, 0.05) is 7.14 Å². The quantitative estimate of drug-likeness (QED) is 0.543. The van der Waals surface area contributed by atoms with Crippen LogP contribution in [0.5, 0.6) is 0 Å². The highest BCUT2D eigenvalue weighted by Gasteiger charge is 2.07. The van der Waals surface area contributed by atoms with E-state index in [2.05, 4.69) is 95.4 Å². The second-order valence-corrected chi connectivity index (χ2v) is 6.22. The molecule has 0 unspecified atom stereocenters. The summed E-state index contributed by atoms with van der Waals surface area (Å²) in [6, 6.07) is 13.2. The van der Waals surface area contributed by atoms with E-state index < -0.39 is 0 Å². The SMILES string of the molecule is Cc1ccc(-c2cc(C)cc(I)c2I)cc1. The summed E-state index contributed by atoms with van der Waals surface area (Å²) < 4.78 is 2.67. The molecule has 2 aromatic rings. The Balaban J connectivity index is 2.59. The molecule has 2 aromatic carbocycles. The molecule has 0 amide bonds. The van der Waals surface area contributed by atoms with Gasteiger partial charge in [-0.05, 0) is 81.8 Å². The molecule has 0 aromatic heterocycles. The van der Waals surface area contributed by atoms with Gasteiger partial charge in [0.1, 0.15) is 0 Å². The number of aryl methyl sites for hydroxylation is 2. The van der Waals surface area contributed by atoms with Crippen molar-refractivity contribution in [2.45, 2.75) is 13.8 Å². The Bertz CT molecular complexity index is 513. The largest absolute Gasteiger partial charge is 0.0587 e. The first-order valence-electron chi connectivity index (χ1n) is 5.10. The zero-order chi connectivity index (χ0) is 11.7. The molecule has 0 saturated heterocycles. The first-order chi connectivity index (χ1) is 7.58. The van der Waals surface area contributed by atoms with E-state index in [1.807, 2.05) is 0 Å². The van der Waals surface area contributed by atoms with E-state index >= 15 is 0 Å². The fourth-order valence-electron chi connectivity index (χ4n) is 1.67. The molecule has 0 heterocycles. The van der Waals surface area contributed by atoms with Crippen LogP contribution in [0.15, 0.2) is 36.4 Å². The summed E-state index contributed by atoms with van der Waals surface area (Å²) in [5.41, 5.74) is 5.27. The van der Waals surface area contributed by atoms with Crippen LogP contribution in [0.25, 0.3) is 11.1 Å². The third kappa shape index (κ3) is 2.59. The van der Waals surface area contributed by atoms with Gasteiger partial charge in [0.2, 0.25) is 0 Å². The van der Waals surface area contributed by atoms with Gasteiger partial charge in [-0.25, -0.2) is 0 Å². The molecule has 0 N–H and O–H groups in total. The van der Waals surface area contributed by atoms with Gasteiger partial charge >= 0.3 is 0 Å². The second-order valence-electron chi connectivity index (χ2n) is 3.97. The summed E-state index contributed by atoms with van der Waals surface area (Å²) in [5.74, 6) is 0. The molecule has 0 spiro atoms. The Morgan fingerprint density at radius 1 is 0.812 bits per heavy atom. The fraction of sp³-hybridized carbons (Fsp3) is 0.143. The highest BCUT2D eigenvalue weighted by Crippen LogP contribution is 2.30. The van der Waals surface area contributed by atoms with E-state index in [4.69, 9.17) is 0 Å². The maximum absolute atomic E-state index is 2.43. The van der Waals surface area contributed by atoms with Crippen LogP contribution < -0.4 is 0 Å². The van der Waals surface area contributed by atoms with Gasteiger partial charge < -0.3 is 0 Å². The summed E-state index contributed by atoms with van der Waals surface area (Å²) in [5, 5.41) is 0. The molecule has 0 aliphatic heterocycles. The second kappa shape index (κ2) is 5.04. The van der Waals surface area contributed by atoms with Crippen molar-refractivity contribution in [3.05, 3.63) is 54.7 Å². The van der Waals surface area contributed by atoms with Gasteiger partial charge in [-0.15, -0.1) is 0 Å². The topological polar surface area (TPSA) is 0 Å². The average Bonchev–Trinajstić information content (AvgIpc) is 2.25. The van der Waals surface area contributed by atoms with Crippen LogP contribution in [0, 0.1) is 21.0 Å². The zero-order valence-corrected chi connectivity index (χ0v) is 13.5. The predicted octanol–water partition coefficient (Wildman–Crippen LogP) is 5.18. The Morgan fingerprint density at radius 2 is 1.44 bits per heavy atom. The molecule has 0 atom stereocenters. The molecule has 16 heavy (non-hydrogen) atoms. The lowest BCUT2D eigenvalue weighted by Crippen LogP contribution is -1.89. The molecular weight excluding hydrogens is 422 g/mol.